The number of methoxy groups -OCH3 is 1. The molecule has 0 atom stereocenters. The molecule has 0 radical (unpaired) electrons. The number of hydrogen-bond acceptors (Lipinski definition) is 6. The molecule has 2 aromatic rings. The van der Waals surface area contributed by atoms with Crippen LogP contribution in [0.5, 0.6) is 0 Å². The molecule has 8 heteroatoms. The van der Waals surface area contributed by atoms with Crippen molar-refractivity contribution >= 4 is 28.2 Å². The summed E-state index contributed by atoms with van der Waals surface area (Å²) in [5.41, 5.74) is 3.93. The molecule has 1 aliphatic heterocycles. The lowest BCUT2D eigenvalue weighted by atomic mass is 10.1. The van der Waals surface area contributed by atoms with Crippen LogP contribution in [0.3, 0.4) is 0 Å². The minimum atomic E-state index is -0.157. The van der Waals surface area contributed by atoms with Crippen molar-refractivity contribution in [2.75, 3.05) is 37.0 Å². The average molecular weight is 375 g/mol. The molecular formula is C18H25N5O2S. The third kappa shape index (κ3) is 4.70. The van der Waals surface area contributed by atoms with Crippen molar-refractivity contribution in [3.05, 3.63) is 35.3 Å². The molecule has 2 heterocycles. The molecule has 1 saturated heterocycles. The van der Waals surface area contributed by atoms with E-state index >= 15 is 0 Å². The Morgan fingerprint density at radius 2 is 2.08 bits per heavy atom. The molecule has 0 spiro atoms. The van der Waals surface area contributed by atoms with Crippen molar-refractivity contribution in [3.63, 3.8) is 0 Å². The van der Waals surface area contributed by atoms with Gasteiger partial charge in [-0.3, -0.25) is 5.32 Å². The van der Waals surface area contributed by atoms with Crippen molar-refractivity contribution in [1.29, 1.82) is 0 Å². The smallest absolute Gasteiger partial charge is 0.323 e. The first-order chi connectivity index (χ1) is 12.7. The maximum Gasteiger partial charge on any atom is 0.323 e. The Morgan fingerprint density at radius 1 is 1.35 bits per heavy atom. The molecule has 1 aromatic carbocycles. The predicted molar refractivity (Wildman–Crippen MR) is 104 cm³/mol. The Bertz CT molecular complexity index is 684. The highest BCUT2D eigenvalue weighted by atomic mass is 32.1. The minimum absolute atomic E-state index is 0.157. The van der Waals surface area contributed by atoms with E-state index in [1.54, 1.807) is 17.5 Å². The number of nitrogens with one attached hydrogen (secondary N) is 1. The SMILES string of the molecule is CCN(Cc1ccc(N2CCC(OC)CC2)cc1)C(=O)Nc1nncs1. The molecule has 0 unspecified atom stereocenters. The molecule has 0 aliphatic carbocycles. The monoisotopic (exact) mass is 375 g/mol. The molecule has 1 fully saturated rings. The normalized spacial score (nSPS) is 15.1. The predicted octanol–water partition coefficient (Wildman–Crippen LogP) is 3.21. The Labute approximate surface area is 158 Å². The highest BCUT2D eigenvalue weighted by molar-refractivity contribution is 7.13. The van der Waals surface area contributed by atoms with Crippen molar-refractivity contribution in [2.24, 2.45) is 0 Å². The van der Waals surface area contributed by atoms with Gasteiger partial charge in [-0.2, -0.15) is 0 Å². The lowest BCUT2D eigenvalue weighted by Gasteiger charge is -2.33. The zero-order chi connectivity index (χ0) is 18.4. The maximum absolute atomic E-state index is 12.4. The van der Waals surface area contributed by atoms with Crippen LogP contribution in [0, 0.1) is 0 Å². The first-order valence-corrected chi connectivity index (χ1v) is 9.76. The van der Waals surface area contributed by atoms with Crippen LogP contribution in [0.4, 0.5) is 15.6 Å². The van der Waals surface area contributed by atoms with Crippen LogP contribution in [0.15, 0.2) is 29.8 Å². The number of carbonyl (C=O) groups is 1. The first kappa shape index (κ1) is 18.6. The van der Waals surface area contributed by atoms with Gasteiger partial charge in [0.25, 0.3) is 0 Å². The quantitative estimate of drug-likeness (QED) is 0.839. The molecule has 26 heavy (non-hydrogen) atoms. The van der Waals surface area contributed by atoms with E-state index in [-0.39, 0.29) is 6.03 Å². The van der Waals surface area contributed by atoms with E-state index in [1.807, 2.05) is 6.92 Å². The highest BCUT2D eigenvalue weighted by Crippen LogP contribution is 2.22. The molecule has 1 aromatic heterocycles. The van der Waals surface area contributed by atoms with Gasteiger partial charge in [-0.05, 0) is 37.5 Å². The second-order valence-electron chi connectivity index (χ2n) is 6.28. The summed E-state index contributed by atoms with van der Waals surface area (Å²) in [7, 11) is 1.79. The van der Waals surface area contributed by atoms with Crippen LogP contribution in [0.1, 0.15) is 25.3 Å². The number of ether oxygens (including phenoxy) is 1. The summed E-state index contributed by atoms with van der Waals surface area (Å²) in [6, 6.07) is 8.31. The zero-order valence-corrected chi connectivity index (χ0v) is 16.0. The van der Waals surface area contributed by atoms with Gasteiger partial charge in [-0.25, -0.2) is 4.79 Å². The van der Waals surface area contributed by atoms with Gasteiger partial charge in [-0.15, -0.1) is 10.2 Å². The van der Waals surface area contributed by atoms with Crippen molar-refractivity contribution < 1.29 is 9.53 Å². The molecular weight excluding hydrogens is 350 g/mol. The molecule has 0 saturated carbocycles. The second-order valence-corrected chi connectivity index (χ2v) is 7.11. The standard InChI is InChI=1S/C18H25N5O2S/c1-3-22(18(24)20-17-21-19-13-26-17)12-14-4-6-15(7-5-14)23-10-8-16(25-2)9-11-23/h4-7,13,16H,3,8-12H2,1-2H3,(H,20,21,24). The fourth-order valence-corrected chi connectivity index (χ4v) is 3.54. The van der Waals surface area contributed by atoms with Crippen LogP contribution in [-0.4, -0.2) is 54.0 Å². The van der Waals surface area contributed by atoms with Gasteiger partial charge in [0, 0.05) is 39.0 Å². The largest absolute Gasteiger partial charge is 0.381 e. The summed E-state index contributed by atoms with van der Waals surface area (Å²) in [4.78, 5) is 16.5. The van der Waals surface area contributed by atoms with Gasteiger partial charge in [0.15, 0.2) is 0 Å². The highest BCUT2D eigenvalue weighted by Gasteiger charge is 2.19. The number of aromatic nitrogens is 2. The van der Waals surface area contributed by atoms with Crippen molar-refractivity contribution in [3.8, 4) is 0 Å². The van der Waals surface area contributed by atoms with Crippen LogP contribution < -0.4 is 10.2 Å². The lowest BCUT2D eigenvalue weighted by molar-refractivity contribution is 0.0819. The van der Waals surface area contributed by atoms with Crippen LogP contribution in [0.2, 0.25) is 0 Å². The van der Waals surface area contributed by atoms with E-state index in [2.05, 4.69) is 44.7 Å². The van der Waals surface area contributed by atoms with Crippen LogP contribution in [-0.2, 0) is 11.3 Å². The van der Waals surface area contributed by atoms with Crippen LogP contribution in [0.25, 0.3) is 0 Å². The fraction of sp³-hybridized carbons (Fsp3) is 0.500. The number of benzene rings is 1. The van der Waals surface area contributed by atoms with Gasteiger partial charge in [0.05, 0.1) is 6.10 Å². The number of urea groups is 1. The summed E-state index contributed by atoms with van der Waals surface area (Å²) in [6.07, 6.45) is 2.51. The van der Waals surface area contributed by atoms with Gasteiger partial charge >= 0.3 is 6.03 Å². The van der Waals surface area contributed by atoms with E-state index < -0.39 is 0 Å². The molecule has 2 amide bonds. The van der Waals surface area contributed by atoms with E-state index in [1.165, 1.54) is 17.0 Å². The fourth-order valence-electron chi connectivity index (χ4n) is 3.11. The number of hydrogen-bond donors (Lipinski definition) is 1. The summed E-state index contributed by atoms with van der Waals surface area (Å²) in [5, 5.41) is 10.9. The molecule has 1 aliphatic rings. The third-order valence-electron chi connectivity index (χ3n) is 4.69. The molecule has 7 nitrogen and oxygen atoms in total. The Balaban J connectivity index is 1.56. The van der Waals surface area contributed by atoms with Gasteiger partial charge in [0.1, 0.15) is 5.51 Å². The third-order valence-corrected chi connectivity index (χ3v) is 5.30. The maximum atomic E-state index is 12.4. The summed E-state index contributed by atoms with van der Waals surface area (Å²) < 4.78 is 5.43. The number of amides is 2. The van der Waals surface area contributed by atoms with E-state index in [0.29, 0.717) is 24.3 Å². The zero-order valence-electron chi connectivity index (χ0n) is 15.2. The topological polar surface area (TPSA) is 70.6 Å². The molecule has 3 rings (SSSR count). The second kappa shape index (κ2) is 8.95. The van der Waals surface area contributed by atoms with E-state index in [0.717, 1.165) is 31.5 Å². The van der Waals surface area contributed by atoms with Gasteiger partial charge in [0.2, 0.25) is 5.13 Å². The Hall–Kier alpha value is -2.19. The summed E-state index contributed by atoms with van der Waals surface area (Å²) in [5.74, 6) is 0. The van der Waals surface area contributed by atoms with Crippen molar-refractivity contribution in [2.45, 2.75) is 32.4 Å². The Kier molecular flexibility index (Phi) is 6.40. The van der Waals surface area contributed by atoms with Gasteiger partial charge < -0.3 is 14.5 Å². The molecule has 0 bridgehead atoms. The number of anilines is 2. The number of nitrogens with zero attached hydrogens (tertiary/aromatic N) is 4. The molecule has 1 N–H and O–H groups in total. The summed E-state index contributed by atoms with van der Waals surface area (Å²) in [6.45, 7) is 5.18. The number of rotatable bonds is 6. The number of piperidine rings is 1. The minimum Gasteiger partial charge on any atom is -0.381 e. The van der Waals surface area contributed by atoms with Gasteiger partial charge in [-0.1, -0.05) is 23.5 Å². The lowest BCUT2D eigenvalue weighted by Crippen LogP contribution is -2.36. The average Bonchev–Trinajstić information content (AvgIpc) is 3.19. The first-order valence-electron chi connectivity index (χ1n) is 8.88. The van der Waals surface area contributed by atoms with Crippen LogP contribution >= 0.6 is 11.3 Å². The number of carbonyl (C=O) groups excluding carboxylic acids is 1. The summed E-state index contributed by atoms with van der Waals surface area (Å²) >= 11 is 1.31. The van der Waals surface area contributed by atoms with E-state index in [4.69, 9.17) is 4.74 Å². The van der Waals surface area contributed by atoms with E-state index in [9.17, 15) is 4.79 Å². The Morgan fingerprint density at radius 3 is 2.65 bits per heavy atom. The molecule has 140 valence electrons. The van der Waals surface area contributed by atoms with Crippen molar-refractivity contribution in [1.82, 2.24) is 15.1 Å².